The van der Waals surface area contributed by atoms with Gasteiger partial charge in [-0.2, -0.15) is 0 Å². The maximum absolute atomic E-state index is 12.0. The van der Waals surface area contributed by atoms with Crippen molar-refractivity contribution in [2.45, 2.75) is 25.5 Å². The molecule has 2 amide bonds. The van der Waals surface area contributed by atoms with E-state index in [0.717, 1.165) is 17.0 Å². The SMILES string of the molecule is Cc1cc(C)nc(SCC(=O)NCc2ccc(C(=O)N(C)C)cc2)n1. The number of rotatable bonds is 6. The van der Waals surface area contributed by atoms with Crippen LogP contribution in [0.15, 0.2) is 35.5 Å². The average Bonchev–Trinajstić information content (AvgIpc) is 2.57. The Hall–Kier alpha value is -2.41. The molecule has 0 fully saturated rings. The van der Waals surface area contributed by atoms with Crippen molar-refractivity contribution in [1.82, 2.24) is 20.2 Å². The van der Waals surface area contributed by atoms with Crippen molar-refractivity contribution in [3.05, 3.63) is 52.8 Å². The molecule has 6 nitrogen and oxygen atoms in total. The van der Waals surface area contributed by atoms with E-state index in [-0.39, 0.29) is 17.6 Å². The highest BCUT2D eigenvalue weighted by atomic mass is 32.2. The van der Waals surface area contributed by atoms with Crippen molar-refractivity contribution in [1.29, 1.82) is 0 Å². The van der Waals surface area contributed by atoms with Gasteiger partial charge < -0.3 is 10.2 Å². The summed E-state index contributed by atoms with van der Waals surface area (Å²) in [7, 11) is 3.43. The first-order valence-corrected chi connectivity index (χ1v) is 8.86. The van der Waals surface area contributed by atoms with E-state index in [1.54, 1.807) is 26.2 Å². The van der Waals surface area contributed by atoms with Crippen molar-refractivity contribution >= 4 is 23.6 Å². The number of hydrogen-bond acceptors (Lipinski definition) is 5. The van der Waals surface area contributed by atoms with Crippen molar-refractivity contribution in [2.75, 3.05) is 19.8 Å². The molecule has 0 unspecified atom stereocenters. The normalized spacial score (nSPS) is 10.4. The highest BCUT2D eigenvalue weighted by Gasteiger charge is 2.08. The average molecular weight is 358 g/mol. The molecule has 0 saturated heterocycles. The van der Waals surface area contributed by atoms with Crippen LogP contribution in [0.3, 0.4) is 0 Å². The molecule has 1 heterocycles. The Bertz CT molecular complexity index is 740. The lowest BCUT2D eigenvalue weighted by Crippen LogP contribution is -2.25. The first-order valence-electron chi connectivity index (χ1n) is 7.87. The molecule has 0 aliphatic heterocycles. The Morgan fingerprint density at radius 1 is 1.08 bits per heavy atom. The minimum absolute atomic E-state index is 0.0413. The molecule has 1 N–H and O–H groups in total. The zero-order valence-electron chi connectivity index (χ0n) is 14.9. The van der Waals surface area contributed by atoms with Gasteiger partial charge in [-0.15, -0.1) is 0 Å². The molecule has 0 bridgehead atoms. The van der Waals surface area contributed by atoms with Crippen molar-refractivity contribution in [3.63, 3.8) is 0 Å². The van der Waals surface area contributed by atoms with Gasteiger partial charge in [0.25, 0.3) is 5.91 Å². The van der Waals surface area contributed by atoms with E-state index in [4.69, 9.17) is 0 Å². The number of thioether (sulfide) groups is 1. The van der Waals surface area contributed by atoms with E-state index in [0.29, 0.717) is 17.3 Å². The lowest BCUT2D eigenvalue weighted by Gasteiger charge is -2.11. The molecule has 25 heavy (non-hydrogen) atoms. The number of nitrogens with one attached hydrogen (secondary N) is 1. The summed E-state index contributed by atoms with van der Waals surface area (Å²) in [6, 6.07) is 9.12. The van der Waals surface area contributed by atoms with Crippen LogP contribution in [0.4, 0.5) is 0 Å². The van der Waals surface area contributed by atoms with Gasteiger partial charge in [-0.3, -0.25) is 9.59 Å². The molecule has 2 aromatic rings. The fourth-order valence-electron chi connectivity index (χ4n) is 2.16. The van der Waals surface area contributed by atoms with Gasteiger partial charge in [-0.25, -0.2) is 9.97 Å². The molecule has 132 valence electrons. The Labute approximate surface area is 152 Å². The molecular weight excluding hydrogens is 336 g/mol. The van der Waals surface area contributed by atoms with Crippen molar-refractivity contribution in [3.8, 4) is 0 Å². The van der Waals surface area contributed by atoms with Crippen LogP contribution in [0.2, 0.25) is 0 Å². The summed E-state index contributed by atoms with van der Waals surface area (Å²) in [6.07, 6.45) is 0. The summed E-state index contributed by atoms with van der Waals surface area (Å²) in [5, 5.41) is 3.47. The number of carbonyl (C=O) groups excluding carboxylic acids is 2. The van der Waals surface area contributed by atoms with Crippen LogP contribution in [0.5, 0.6) is 0 Å². The van der Waals surface area contributed by atoms with Gasteiger partial charge in [0.15, 0.2) is 5.16 Å². The maximum Gasteiger partial charge on any atom is 0.253 e. The molecule has 0 aliphatic rings. The fourth-order valence-corrected chi connectivity index (χ4v) is 2.94. The van der Waals surface area contributed by atoms with Crippen LogP contribution in [0, 0.1) is 13.8 Å². The number of nitrogens with zero attached hydrogens (tertiary/aromatic N) is 3. The summed E-state index contributed by atoms with van der Waals surface area (Å²) in [6.45, 7) is 4.23. The predicted octanol–water partition coefficient (Wildman–Crippen LogP) is 2.20. The van der Waals surface area contributed by atoms with Crippen LogP contribution in [0.1, 0.15) is 27.3 Å². The lowest BCUT2D eigenvalue weighted by atomic mass is 10.1. The lowest BCUT2D eigenvalue weighted by molar-refractivity contribution is -0.118. The largest absolute Gasteiger partial charge is 0.351 e. The topological polar surface area (TPSA) is 75.2 Å². The Morgan fingerprint density at radius 3 is 2.24 bits per heavy atom. The third kappa shape index (κ3) is 5.86. The van der Waals surface area contributed by atoms with E-state index >= 15 is 0 Å². The van der Waals surface area contributed by atoms with Gasteiger partial charge in [0.1, 0.15) is 0 Å². The van der Waals surface area contributed by atoms with Gasteiger partial charge in [0.2, 0.25) is 5.91 Å². The second-order valence-electron chi connectivity index (χ2n) is 5.90. The number of aryl methyl sites for hydroxylation is 2. The Balaban J connectivity index is 1.82. The molecule has 0 radical (unpaired) electrons. The smallest absolute Gasteiger partial charge is 0.253 e. The third-order valence-corrected chi connectivity index (χ3v) is 4.24. The number of carbonyl (C=O) groups is 2. The zero-order valence-corrected chi connectivity index (χ0v) is 15.7. The monoisotopic (exact) mass is 358 g/mol. The molecular formula is C18H22N4O2S. The molecule has 0 saturated carbocycles. The first-order chi connectivity index (χ1) is 11.8. The highest BCUT2D eigenvalue weighted by molar-refractivity contribution is 7.99. The highest BCUT2D eigenvalue weighted by Crippen LogP contribution is 2.13. The first kappa shape index (κ1) is 18.9. The van der Waals surface area contributed by atoms with Crippen molar-refractivity contribution in [2.24, 2.45) is 0 Å². The van der Waals surface area contributed by atoms with Crippen molar-refractivity contribution < 1.29 is 9.59 Å². The van der Waals surface area contributed by atoms with E-state index in [2.05, 4.69) is 15.3 Å². The second kappa shape index (κ2) is 8.62. The molecule has 1 aromatic heterocycles. The summed E-state index contributed by atoms with van der Waals surface area (Å²) in [5.74, 6) is 0.140. The molecule has 2 rings (SSSR count). The second-order valence-corrected chi connectivity index (χ2v) is 6.84. The van der Waals surface area contributed by atoms with Gasteiger partial charge in [-0.1, -0.05) is 23.9 Å². The van der Waals surface area contributed by atoms with Gasteiger partial charge in [0, 0.05) is 37.6 Å². The number of hydrogen-bond donors (Lipinski definition) is 1. The van der Waals surface area contributed by atoms with Crippen LogP contribution in [-0.4, -0.2) is 46.5 Å². The molecule has 0 spiro atoms. The number of amides is 2. The minimum Gasteiger partial charge on any atom is -0.351 e. The van der Waals surface area contributed by atoms with Crippen LogP contribution in [0.25, 0.3) is 0 Å². The minimum atomic E-state index is -0.0822. The summed E-state index contributed by atoms with van der Waals surface area (Å²) in [4.78, 5) is 33.9. The van der Waals surface area contributed by atoms with Gasteiger partial charge >= 0.3 is 0 Å². The summed E-state index contributed by atoms with van der Waals surface area (Å²) in [5.41, 5.74) is 3.35. The molecule has 0 atom stereocenters. The van der Waals surface area contributed by atoms with E-state index < -0.39 is 0 Å². The summed E-state index contributed by atoms with van der Waals surface area (Å²) < 4.78 is 0. The number of benzene rings is 1. The van der Waals surface area contributed by atoms with E-state index in [9.17, 15) is 9.59 Å². The van der Waals surface area contributed by atoms with E-state index in [1.807, 2.05) is 32.0 Å². The zero-order chi connectivity index (χ0) is 18.4. The molecule has 7 heteroatoms. The van der Waals surface area contributed by atoms with Crippen LogP contribution >= 0.6 is 11.8 Å². The van der Waals surface area contributed by atoms with E-state index in [1.165, 1.54) is 16.7 Å². The van der Waals surface area contributed by atoms with Crippen LogP contribution in [-0.2, 0) is 11.3 Å². The molecule has 0 aliphatic carbocycles. The Morgan fingerprint density at radius 2 is 1.68 bits per heavy atom. The Kier molecular flexibility index (Phi) is 6.52. The molecule has 1 aromatic carbocycles. The third-order valence-electron chi connectivity index (χ3n) is 3.39. The van der Waals surface area contributed by atoms with Gasteiger partial charge in [0.05, 0.1) is 5.75 Å². The quantitative estimate of drug-likeness (QED) is 0.633. The predicted molar refractivity (Wildman–Crippen MR) is 98.5 cm³/mol. The summed E-state index contributed by atoms with van der Waals surface area (Å²) >= 11 is 1.32. The van der Waals surface area contributed by atoms with Gasteiger partial charge in [-0.05, 0) is 37.6 Å². The maximum atomic E-state index is 12.0. The fraction of sp³-hybridized carbons (Fsp3) is 0.333. The van der Waals surface area contributed by atoms with Crippen LogP contribution < -0.4 is 5.32 Å². The number of aromatic nitrogens is 2. The standard InChI is InChI=1S/C18H22N4O2S/c1-12-9-13(2)21-18(20-12)25-11-16(23)19-10-14-5-7-15(8-6-14)17(24)22(3)4/h5-9H,10-11H2,1-4H3,(H,19,23).